The van der Waals surface area contributed by atoms with Gasteiger partial charge < -0.3 is 19.9 Å². The number of fused-ring (bicyclic) bond motifs is 2. The van der Waals surface area contributed by atoms with Gasteiger partial charge in [-0.3, -0.25) is 14.5 Å². The van der Waals surface area contributed by atoms with Gasteiger partial charge in [-0.25, -0.2) is 13.2 Å². The summed E-state index contributed by atoms with van der Waals surface area (Å²) < 4.78 is 39.9. The zero-order chi connectivity index (χ0) is 29.4. The molecule has 0 spiro atoms. The van der Waals surface area contributed by atoms with Crippen molar-refractivity contribution < 1.29 is 17.3 Å². The topological polar surface area (TPSA) is 216 Å². The summed E-state index contributed by atoms with van der Waals surface area (Å²) in [7, 11) is -4.11. The lowest BCUT2D eigenvalue weighted by atomic mass is 10.1. The maximum Gasteiger partial charge on any atom is 0.419 e. The number of anilines is 3. The molecule has 17 heteroatoms. The molecule has 0 saturated heterocycles. The highest BCUT2D eigenvalue weighted by atomic mass is 35.5. The number of hydrogen-bond acceptors (Lipinski definition) is 12. The Morgan fingerprint density at radius 2 is 1.88 bits per heavy atom. The summed E-state index contributed by atoms with van der Waals surface area (Å²) in [6.45, 7) is 0.533. The normalized spacial score (nSPS) is 11.7. The van der Waals surface area contributed by atoms with Crippen molar-refractivity contribution in [2.75, 3.05) is 22.3 Å². The minimum Gasteiger partial charge on any atom is -0.461 e. The molecule has 0 radical (unpaired) electrons. The molecule has 5 N–H and O–H groups in total. The number of aryl methyl sites for hydroxylation is 1. The summed E-state index contributed by atoms with van der Waals surface area (Å²) in [5.74, 6) is 0.537. The van der Waals surface area contributed by atoms with E-state index in [1.807, 2.05) is 4.98 Å². The summed E-state index contributed by atoms with van der Waals surface area (Å²) >= 11 is 6.08. The van der Waals surface area contributed by atoms with Crippen LogP contribution in [0.2, 0.25) is 5.02 Å². The number of halogens is 1. The molecule has 15 nitrogen and oxygen atoms in total. The van der Waals surface area contributed by atoms with E-state index in [-0.39, 0.29) is 32.6 Å². The highest BCUT2D eigenvalue weighted by Gasteiger charge is 2.19. The zero-order valence-electron chi connectivity index (χ0n) is 21.4. The number of rotatable bonds is 9. The predicted octanol–water partition coefficient (Wildman–Crippen LogP) is 2.66. The number of hydrogen-bond donors (Lipinski definition) is 4. The van der Waals surface area contributed by atoms with Crippen LogP contribution in [-0.2, 0) is 16.4 Å². The van der Waals surface area contributed by atoms with Crippen LogP contribution >= 0.6 is 11.6 Å². The van der Waals surface area contributed by atoms with Crippen LogP contribution in [0, 0.1) is 0 Å². The number of aromatic nitrogens is 6. The number of nitrogens with two attached hydrogens (primary N) is 1. The van der Waals surface area contributed by atoms with Crippen molar-refractivity contribution >= 4 is 56.0 Å². The highest BCUT2D eigenvalue weighted by Crippen LogP contribution is 2.26. The molecule has 0 aliphatic carbocycles. The maximum absolute atomic E-state index is 13.0. The highest BCUT2D eigenvalue weighted by molar-refractivity contribution is 7.92. The van der Waals surface area contributed by atoms with Gasteiger partial charge in [-0.05, 0) is 54.8 Å². The fourth-order valence-corrected chi connectivity index (χ4v) is 5.55. The molecule has 0 amide bonds. The van der Waals surface area contributed by atoms with Crippen LogP contribution in [0.1, 0.15) is 12.0 Å². The third-order valence-electron chi connectivity index (χ3n) is 6.09. The van der Waals surface area contributed by atoms with Gasteiger partial charge in [-0.1, -0.05) is 23.7 Å². The minimum atomic E-state index is -4.11. The fourth-order valence-electron chi connectivity index (χ4n) is 4.12. The van der Waals surface area contributed by atoms with Gasteiger partial charge in [0.25, 0.3) is 21.4 Å². The predicted molar refractivity (Wildman–Crippen MR) is 153 cm³/mol. The van der Waals surface area contributed by atoms with Gasteiger partial charge in [0.1, 0.15) is 0 Å². The standard InChI is InChI=1S/C25H20ClN9O6S/c26-17-12-15(11-16-19(17)41-25(37)30-21(16)36)42(38,39)34-14-7-5-13(6-8-14)3-1-9-28-23-31-22(27)35-24(32-23)29-20(33-35)18-4-2-10-40-18/h2,4-8,10-12,34H,1,3,9H2,(H,30,36,37)(H3,27,28,29,31,32,33). The Hall–Kier alpha value is -5.22. The number of nitrogen functional groups attached to an aromatic ring is 1. The third kappa shape index (κ3) is 5.39. The van der Waals surface area contributed by atoms with Crippen molar-refractivity contribution in [2.45, 2.75) is 17.7 Å². The second-order valence-corrected chi connectivity index (χ2v) is 11.1. The first kappa shape index (κ1) is 27.0. The van der Waals surface area contributed by atoms with Crippen LogP contribution < -0.4 is 27.1 Å². The Bertz CT molecular complexity index is 2160. The first-order valence-electron chi connectivity index (χ1n) is 12.3. The van der Waals surface area contributed by atoms with E-state index in [2.05, 4.69) is 30.1 Å². The summed E-state index contributed by atoms with van der Waals surface area (Å²) in [6.07, 6.45) is 2.91. The number of furan rings is 1. The van der Waals surface area contributed by atoms with Crippen molar-refractivity contribution in [3.8, 4) is 11.6 Å². The van der Waals surface area contributed by atoms with Crippen LogP contribution in [0.25, 0.3) is 28.3 Å². The van der Waals surface area contributed by atoms with E-state index in [0.29, 0.717) is 42.6 Å². The van der Waals surface area contributed by atoms with Crippen LogP contribution in [0.4, 0.5) is 17.6 Å². The van der Waals surface area contributed by atoms with Crippen molar-refractivity contribution in [1.82, 2.24) is 29.5 Å². The number of H-pyrrole nitrogens is 1. The van der Waals surface area contributed by atoms with Crippen molar-refractivity contribution in [3.63, 3.8) is 0 Å². The van der Waals surface area contributed by atoms with Gasteiger partial charge in [-0.15, -0.1) is 5.10 Å². The Morgan fingerprint density at radius 3 is 2.64 bits per heavy atom. The molecule has 4 aromatic heterocycles. The van der Waals surface area contributed by atoms with Gasteiger partial charge >= 0.3 is 5.76 Å². The molecule has 0 bridgehead atoms. The number of sulfonamides is 1. The van der Waals surface area contributed by atoms with E-state index >= 15 is 0 Å². The maximum atomic E-state index is 13.0. The lowest BCUT2D eigenvalue weighted by Crippen LogP contribution is -2.19. The van der Waals surface area contributed by atoms with E-state index in [1.165, 1.54) is 10.8 Å². The molecule has 0 aliphatic heterocycles. The number of nitrogens with zero attached hydrogens (tertiary/aromatic N) is 5. The van der Waals surface area contributed by atoms with E-state index in [4.69, 9.17) is 26.2 Å². The van der Waals surface area contributed by atoms with Crippen LogP contribution in [0.5, 0.6) is 0 Å². The Morgan fingerprint density at radius 1 is 1.07 bits per heavy atom. The summed E-state index contributed by atoms with van der Waals surface area (Å²) in [6, 6.07) is 12.5. The van der Waals surface area contributed by atoms with Gasteiger partial charge in [-0.2, -0.15) is 19.5 Å². The average molecular weight is 610 g/mol. The summed E-state index contributed by atoms with van der Waals surface area (Å²) in [5, 5.41) is 7.02. The van der Waals surface area contributed by atoms with Crippen molar-refractivity contribution in [2.24, 2.45) is 0 Å². The molecule has 6 rings (SSSR count). The monoisotopic (exact) mass is 609 g/mol. The molecular formula is C25H20ClN9O6S. The SMILES string of the molecule is Nc1nc(NCCCc2ccc(NS(=O)(=O)c3cc(Cl)c4oc(=O)[nH]c(=O)c4c3)cc2)nc2nc(-c3ccco3)nn12. The smallest absolute Gasteiger partial charge is 0.419 e. The first-order valence-corrected chi connectivity index (χ1v) is 14.2. The Kier molecular flexibility index (Phi) is 6.83. The molecule has 42 heavy (non-hydrogen) atoms. The molecule has 214 valence electrons. The van der Waals surface area contributed by atoms with Crippen molar-refractivity contribution in [1.29, 1.82) is 0 Å². The molecule has 0 atom stereocenters. The van der Waals surface area contributed by atoms with Crippen LogP contribution in [-0.4, -0.2) is 44.5 Å². The lowest BCUT2D eigenvalue weighted by Gasteiger charge is -2.10. The summed E-state index contributed by atoms with van der Waals surface area (Å²) in [5.41, 5.74) is 6.27. The molecule has 0 fully saturated rings. The quantitative estimate of drug-likeness (QED) is 0.174. The van der Waals surface area contributed by atoms with Gasteiger partial charge in [0.15, 0.2) is 11.3 Å². The Balaban J connectivity index is 1.07. The van der Waals surface area contributed by atoms with E-state index in [9.17, 15) is 18.0 Å². The average Bonchev–Trinajstić information content (AvgIpc) is 3.63. The number of benzene rings is 2. The molecule has 0 aliphatic rings. The number of aromatic amines is 1. The van der Waals surface area contributed by atoms with E-state index in [1.54, 1.807) is 36.4 Å². The van der Waals surface area contributed by atoms with Crippen LogP contribution in [0.15, 0.2) is 78.1 Å². The van der Waals surface area contributed by atoms with Gasteiger partial charge in [0, 0.05) is 12.2 Å². The zero-order valence-corrected chi connectivity index (χ0v) is 22.9. The van der Waals surface area contributed by atoms with Gasteiger partial charge in [0.05, 0.1) is 21.6 Å². The molecule has 6 aromatic rings. The Labute approximate surface area is 240 Å². The summed E-state index contributed by atoms with van der Waals surface area (Å²) in [4.78, 5) is 38.1. The number of nitrogens with one attached hydrogen (secondary N) is 3. The largest absolute Gasteiger partial charge is 0.461 e. The second kappa shape index (κ2) is 10.6. The lowest BCUT2D eigenvalue weighted by molar-refractivity contribution is 0.528. The van der Waals surface area contributed by atoms with E-state index in [0.717, 1.165) is 17.7 Å². The third-order valence-corrected chi connectivity index (χ3v) is 7.73. The fraction of sp³-hybridized carbons (Fsp3) is 0.120. The second-order valence-electron chi connectivity index (χ2n) is 8.99. The minimum absolute atomic E-state index is 0.121. The van der Waals surface area contributed by atoms with Crippen LogP contribution in [0.3, 0.4) is 0 Å². The molecule has 2 aromatic carbocycles. The molecule has 4 heterocycles. The van der Waals surface area contributed by atoms with E-state index < -0.39 is 21.3 Å². The molecular weight excluding hydrogens is 590 g/mol. The van der Waals surface area contributed by atoms with Crippen molar-refractivity contribution in [3.05, 3.63) is 86.3 Å². The molecule has 0 saturated carbocycles. The molecule has 0 unspecified atom stereocenters. The van der Waals surface area contributed by atoms with Gasteiger partial charge in [0.2, 0.25) is 17.7 Å². The first-order chi connectivity index (χ1) is 20.2.